The Morgan fingerprint density at radius 2 is 1.87 bits per heavy atom. The van der Waals surface area contributed by atoms with Crippen LogP contribution in [0.1, 0.15) is 58.3 Å². The van der Waals surface area contributed by atoms with E-state index in [1.165, 1.54) is 57.9 Å². The number of likely N-dealkylation sites (N-methyl/N-ethyl adjacent to an activating group) is 1. The Morgan fingerprint density at radius 1 is 1.09 bits per heavy atom. The van der Waals surface area contributed by atoms with E-state index < -0.39 is 0 Å². The Morgan fingerprint density at radius 3 is 2.57 bits per heavy atom. The SMILES string of the molecule is CCN1CCCC1CNC(=NC)NCCOC1CCCCCC1. The lowest BCUT2D eigenvalue weighted by Gasteiger charge is -2.24. The summed E-state index contributed by atoms with van der Waals surface area (Å²) in [6.45, 7) is 7.22. The van der Waals surface area contributed by atoms with Gasteiger partial charge in [-0.3, -0.25) is 9.89 Å². The minimum atomic E-state index is 0.478. The van der Waals surface area contributed by atoms with Crippen molar-refractivity contribution in [3.05, 3.63) is 0 Å². The summed E-state index contributed by atoms with van der Waals surface area (Å²) in [4.78, 5) is 6.87. The number of hydrogen-bond donors (Lipinski definition) is 2. The maximum absolute atomic E-state index is 6.02. The predicted octanol–water partition coefficient (Wildman–Crippen LogP) is 2.38. The number of nitrogens with one attached hydrogen (secondary N) is 2. The van der Waals surface area contributed by atoms with E-state index in [-0.39, 0.29) is 0 Å². The molecule has 1 aliphatic carbocycles. The number of likely N-dealkylation sites (tertiary alicyclic amines) is 1. The van der Waals surface area contributed by atoms with Crippen LogP contribution in [0, 0.1) is 0 Å². The van der Waals surface area contributed by atoms with E-state index >= 15 is 0 Å². The topological polar surface area (TPSA) is 48.9 Å². The van der Waals surface area contributed by atoms with Gasteiger partial charge in [-0.2, -0.15) is 0 Å². The molecule has 0 spiro atoms. The monoisotopic (exact) mass is 324 g/mol. The molecule has 0 aromatic rings. The zero-order valence-corrected chi connectivity index (χ0v) is 15.1. The second-order valence-electron chi connectivity index (χ2n) is 6.79. The van der Waals surface area contributed by atoms with Crippen molar-refractivity contribution >= 4 is 5.96 Å². The van der Waals surface area contributed by atoms with Crippen molar-refractivity contribution in [2.24, 2.45) is 4.99 Å². The summed E-state index contributed by atoms with van der Waals surface area (Å²) in [7, 11) is 1.84. The molecule has 1 atom stereocenters. The molecule has 0 amide bonds. The van der Waals surface area contributed by atoms with Crippen LogP contribution in [0.15, 0.2) is 4.99 Å². The summed E-state index contributed by atoms with van der Waals surface area (Å²) >= 11 is 0. The summed E-state index contributed by atoms with van der Waals surface area (Å²) in [5.74, 6) is 0.900. The zero-order valence-electron chi connectivity index (χ0n) is 15.1. The molecule has 5 heteroatoms. The summed E-state index contributed by atoms with van der Waals surface area (Å²) < 4.78 is 6.02. The third-order valence-electron chi connectivity index (χ3n) is 5.18. The Bertz CT molecular complexity index is 340. The highest BCUT2D eigenvalue weighted by Gasteiger charge is 2.22. The summed E-state index contributed by atoms with van der Waals surface area (Å²) in [5.41, 5.74) is 0. The van der Waals surface area contributed by atoms with E-state index in [2.05, 4.69) is 27.4 Å². The van der Waals surface area contributed by atoms with Gasteiger partial charge in [0.25, 0.3) is 0 Å². The fraction of sp³-hybridized carbons (Fsp3) is 0.944. The van der Waals surface area contributed by atoms with Crippen LogP contribution >= 0.6 is 0 Å². The lowest BCUT2D eigenvalue weighted by Crippen LogP contribution is -2.45. The summed E-state index contributed by atoms with van der Waals surface area (Å²) in [5, 5.41) is 6.84. The molecule has 2 rings (SSSR count). The molecule has 1 unspecified atom stereocenters. The van der Waals surface area contributed by atoms with E-state index in [4.69, 9.17) is 4.74 Å². The fourth-order valence-electron chi connectivity index (χ4n) is 3.78. The average molecular weight is 325 g/mol. The smallest absolute Gasteiger partial charge is 0.191 e. The molecule has 0 aromatic carbocycles. The van der Waals surface area contributed by atoms with Crippen molar-refractivity contribution in [1.82, 2.24) is 15.5 Å². The molecular weight excluding hydrogens is 288 g/mol. The molecule has 23 heavy (non-hydrogen) atoms. The second-order valence-corrected chi connectivity index (χ2v) is 6.79. The first kappa shape index (κ1) is 18.5. The molecule has 2 N–H and O–H groups in total. The molecule has 2 fully saturated rings. The third kappa shape index (κ3) is 6.68. The van der Waals surface area contributed by atoms with Gasteiger partial charge in [0, 0.05) is 26.2 Å². The van der Waals surface area contributed by atoms with Gasteiger partial charge in [0.2, 0.25) is 0 Å². The zero-order chi connectivity index (χ0) is 16.3. The lowest BCUT2D eigenvalue weighted by molar-refractivity contribution is 0.0468. The molecule has 1 heterocycles. The average Bonchev–Trinajstić information content (AvgIpc) is 2.88. The standard InChI is InChI=1S/C18H36N4O/c1-3-22-13-8-9-16(22)15-21-18(19-2)20-12-14-23-17-10-6-4-5-7-11-17/h16-17H,3-15H2,1-2H3,(H2,19,20,21). The van der Waals surface area contributed by atoms with Crippen LogP contribution in [-0.2, 0) is 4.74 Å². The van der Waals surface area contributed by atoms with Crippen molar-refractivity contribution in [3.8, 4) is 0 Å². The quantitative estimate of drug-likeness (QED) is 0.327. The normalized spacial score (nSPS) is 24.6. The summed E-state index contributed by atoms with van der Waals surface area (Å²) in [6, 6.07) is 0.654. The highest BCUT2D eigenvalue weighted by atomic mass is 16.5. The van der Waals surface area contributed by atoms with Gasteiger partial charge in [-0.15, -0.1) is 0 Å². The molecule has 0 bridgehead atoms. The van der Waals surface area contributed by atoms with Crippen LogP contribution in [0.25, 0.3) is 0 Å². The number of ether oxygens (including phenoxy) is 1. The highest BCUT2D eigenvalue weighted by molar-refractivity contribution is 5.79. The van der Waals surface area contributed by atoms with Crippen LogP contribution in [-0.4, -0.2) is 62.8 Å². The lowest BCUT2D eigenvalue weighted by atomic mass is 10.1. The first-order chi connectivity index (χ1) is 11.3. The van der Waals surface area contributed by atoms with E-state index in [1.807, 2.05) is 7.05 Å². The molecule has 1 aliphatic heterocycles. The van der Waals surface area contributed by atoms with Crippen molar-refractivity contribution in [2.45, 2.75) is 70.4 Å². The molecule has 2 aliphatic rings. The van der Waals surface area contributed by atoms with Crippen LogP contribution in [0.3, 0.4) is 0 Å². The Balaban J connectivity index is 1.57. The van der Waals surface area contributed by atoms with Crippen molar-refractivity contribution in [2.75, 3.05) is 39.8 Å². The largest absolute Gasteiger partial charge is 0.376 e. The maximum atomic E-state index is 6.02. The van der Waals surface area contributed by atoms with Gasteiger partial charge in [0.1, 0.15) is 0 Å². The van der Waals surface area contributed by atoms with Gasteiger partial charge in [0.15, 0.2) is 5.96 Å². The van der Waals surface area contributed by atoms with E-state index in [0.29, 0.717) is 12.1 Å². The van der Waals surface area contributed by atoms with Gasteiger partial charge >= 0.3 is 0 Å². The first-order valence-corrected chi connectivity index (χ1v) is 9.63. The Labute approximate surface area is 142 Å². The molecular formula is C18H36N4O. The molecule has 0 radical (unpaired) electrons. The van der Waals surface area contributed by atoms with Crippen LogP contribution < -0.4 is 10.6 Å². The second kappa shape index (κ2) is 10.9. The van der Waals surface area contributed by atoms with Crippen LogP contribution in [0.4, 0.5) is 0 Å². The highest BCUT2D eigenvalue weighted by Crippen LogP contribution is 2.19. The van der Waals surface area contributed by atoms with Crippen LogP contribution in [0.2, 0.25) is 0 Å². The number of nitrogens with zero attached hydrogens (tertiary/aromatic N) is 2. The first-order valence-electron chi connectivity index (χ1n) is 9.63. The third-order valence-corrected chi connectivity index (χ3v) is 5.18. The number of guanidine groups is 1. The maximum Gasteiger partial charge on any atom is 0.191 e. The van der Waals surface area contributed by atoms with Crippen molar-refractivity contribution in [3.63, 3.8) is 0 Å². The minimum Gasteiger partial charge on any atom is -0.376 e. The van der Waals surface area contributed by atoms with Gasteiger partial charge in [-0.05, 0) is 38.8 Å². The molecule has 0 aromatic heterocycles. The predicted molar refractivity (Wildman–Crippen MR) is 97.1 cm³/mol. The Kier molecular flexibility index (Phi) is 8.76. The van der Waals surface area contributed by atoms with E-state index in [1.54, 1.807) is 0 Å². The van der Waals surface area contributed by atoms with Gasteiger partial charge in [-0.1, -0.05) is 32.6 Å². The van der Waals surface area contributed by atoms with Gasteiger partial charge in [-0.25, -0.2) is 0 Å². The van der Waals surface area contributed by atoms with Gasteiger partial charge in [0.05, 0.1) is 12.7 Å². The van der Waals surface area contributed by atoms with Gasteiger partial charge < -0.3 is 15.4 Å². The molecule has 1 saturated carbocycles. The molecule has 134 valence electrons. The molecule has 1 saturated heterocycles. The van der Waals surface area contributed by atoms with Crippen LogP contribution in [0.5, 0.6) is 0 Å². The molecule has 5 nitrogen and oxygen atoms in total. The van der Waals surface area contributed by atoms with Crippen molar-refractivity contribution < 1.29 is 4.74 Å². The summed E-state index contributed by atoms with van der Waals surface area (Å²) in [6.07, 6.45) is 11.0. The number of rotatable bonds is 7. The number of hydrogen-bond acceptors (Lipinski definition) is 3. The minimum absolute atomic E-state index is 0.478. The number of aliphatic imine (C=N–C) groups is 1. The van der Waals surface area contributed by atoms with E-state index in [9.17, 15) is 0 Å². The fourth-order valence-corrected chi connectivity index (χ4v) is 3.78. The van der Waals surface area contributed by atoms with Crippen molar-refractivity contribution in [1.29, 1.82) is 0 Å². The van der Waals surface area contributed by atoms with E-state index in [0.717, 1.165) is 32.2 Å². The Hall–Kier alpha value is -0.810.